The first kappa shape index (κ1) is 29.8. The number of guanidine groups is 1. The van der Waals surface area contributed by atoms with Crippen LogP contribution in [0, 0.1) is 0 Å². The van der Waals surface area contributed by atoms with Gasteiger partial charge in [-0.25, -0.2) is 4.79 Å². The third-order valence-corrected chi connectivity index (χ3v) is 4.99. The highest BCUT2D eigenvalue weighted by Gasteiger charge is 2.29. The highest BCUT2D eigenvalue weighted by Crippen LogP contribution is 2.04. The Hall–Kier alpha value is -4.20. The number of nitrogens with one attached hydrogen (secondary N) is 3. The summed E-state index contributed by atoms with van der Waals surface area (Å²) in [5.74, 6) is -4.71. The molecule has 14 heteroatoms. The molecule has 4 atom stereocenters. The Morgan fingerprint density at radius 2 is 1.53 bits per heavy atom. The average molecular weight is 507 g/mol. The van der Waals surface area contributed by atoms with Crippen LogP contribution in [0.1, 0.15) is 31.7 Å². The number of hydrogen-bond donors (Lipinski definition) is 8. The second-order valence-corrected chi connectivity index (χ2v) is 8.11. The predicted octanol–water partition coefficient (Wildman–Crippen LogP) is -2.96. The number of amides is 4. The van der Waals surface area contributed by atoms with Crippen molar-refractivity contribution in [3.05, 3.63) is 35.9 Å². The minimum absolute atomic E-state index is 0.0130. The van der Waals surface area contributed by atoms with Gasteiger partial charge in [0.05, 0.1) is 12.5 Å². The molecule has 198 valence electrons. The Morgan fingerprint density at radius 3 is 2.08 bits per heavy atom. The van der Waals surface area contributed by atoms with Crippen LogP contribution < -0.4 is 38.9 Å². The van der Waals surface area contributed by atoms with Crippen LogP contribution in [-0.2, 0) is 30.4 Å². The summed E-state index contributed by atoms with van der Waals surface area (Å²) >= 11 is 0. The van der Waals surface area contributed by atoms with Gasteiger partial charge in [-0.1, -0.05) is 30.3 Å². The lowest BCUT2D eigenvalue weighted by Crippen LogP contribution is -2.57. The number of carboxylic acid groups (broad SMARTS) is 1. The molecule has 0 fully saturated rings. The number of carbonyl (C=O) groups is 5. The molecule has 4 unspecified atom stereocenters. The topological polar surface area (TPSA) is 258 Å². The van der Waals surface area contributed by atoms with E-state index >= 15 is 0 Å². The summed E-state index contributed by atoms with van der Waals surface area (Å²) in [7, 11) is 0. The zero-order valence-corrected chi connectivity index (χ0v) is 20.0. The van der Waals surface area contributed by atoms with Crippen molar-refractivity contribution in [2.45, 2.75) is 56.8 Å². The highest BCUT2D eigenvalue weighted by atomic mass is 16.4. The van der Waals surface area contributed by atoms with E-state index in [2.05, 4.69) is 20.9 Å². The number of aliphatic imine (C=N–C) groups is 1. The lowest BCUT2D eigenvalue weighted by molar-refractivity contribution is -0.142. The minimum atomic E-state index is -1.47. The maximum Gasteiger partial charge on any atom is 0.326 e. The SMILES string of the molecule is CC(NC(=O)C(N)Cc1ccccc1)C(=O)NC(CC(N)=O)C(=O)NC(CCCN=C(N)N)C(=O)O. The van der Waals surface area contributed by atoms with Gasteiger partial charge in [0, 0.05) is 6.54 Å². The van der Waals surface area contributed by atoms with Crippen molar-refractivity contribution in [3.8, 4) is 0 Å². The molecule has 0 bridgehead atoms. The molecule has 0 saturated carbocycles. The molecule has 1 rings (SSSR count). The van der Waals surface area contributed by atoms with Gasteiger partial charge < -0.3 is 44.0 Å². The van der Waals surface area contributed by atoms with Crippen LogP contribution in [0.25, 0.3) is 0 Å². The molecule has 12 N–H and O–H groups in total. The summed E-state index contributed by atoms with van der Waals surface area (Å²) in [6.45, 7) is 1.51. The van der Waals surface area contributed by atoms with Crippen LogP contribution >= 0.6 is 0 Å². The van der Waals surface area contributed by atoms with Crippen LogP contribution in [0.4, 0.5) is 0 Å². The molecule has 0 aromatic heterocycles. The van der Waals surface area contributed by atoms with Gasteiger partial charge in [-0.3, -0.25) is 24.2 Å². The monoisotopic (exact) mass is 506 g/mol. The average Bonchev–Trinajstić information content (AvgIpc) is 2.80. The third kappa shape index (κ3) is 11.3. The first-order chi connectivity index (χ1) is 16.9. The Bertz CT molecular complexity index is 951. The molecule has 36 heavy (non-hydrogen) atoms. The van der Waals surface area contributed by atoms with Crippen molar-refractivity contribution in [1.29, 1.82) is 0 Å². The predicted molar refractivity (Wildman–Crippen MR) is 131 cm³/mol. The van der Waals surface area contributed by atoms with Crippen LogP contribution in [-0.4, -0.2) is 71.4 Å². The van der Waals surface area contributed by atoms with E-state index in [1.54, 1.807) is 12.1 Å². The van der Waals surface area contributed by atoms with Crippen molar-refractivity contribution in [1.82, 2.24) is 16.0 Å². The molecule has 0 heterocycles. The fraction of sp³-hybridized carbons (Fsp3) is 0.455. The van der Waals surface area contributed by atoms with Crippen molar-refractivity contribution in [3.63, 3.8) is 0 Å². The quantitative estimate of drug-likeness (QED) is 0.0685. The second kappa shape index (κ2) is 14.9. The first-order valence-electron chi connectivity index (χ1n) is 11.2. The Morgan fingerprint density at radius 1 is 0.917 bits per heavy atom. The third-order valence-electron chi connectivity index (χ3n) is 4.99. The van der Waals surface area contributed by atoms with E-state index in [1.807, 2.05) is 18.2 Å². The highest BCUT2D eigenvalue weighted by molar-refractivity contribution is 5.96. The molecule has 4 amide bonds. The largest absolute Gasteiger partial charge is 0.480 e. The van der Waals surface area contributed by atoms with Crippen LogP contribution in [0.3, 0.4) is 0 Å². The molecule has 0 spiro atoms. The molecule has 0 aliphatic rings. The molecule has 0 saturated heterocycles. The van der Waals surface area contributed by atoms with Crippen LogP contribution in [0.2, 0.25) is 0 Å². The number of primary amides is 1. The van der Waals surface area contributed by atoms with Gasteiger partial charge in [-0.15, -0.1) is 0 Å². The maximum atomic E-state index is 12.7. The molecule has 1 aromatic carbocycles. The smallest absolute Gasteiger partial charge is 0.326 e. The van der Waals surface area contributed by atoms with Crippen LogP contribution in [0.15, 0.2) is 35.3 Å². The zero-order chi connectivity index (χ0) is 27.3. The second-order valence-electron chi connectivity index (χ2n) is 8.11. The van der Waals surface area contributed by atoms with E-state index in [-0.39, 0.29) is 31.8 Å². The van der Waals surface area contributed by atoms with E-state index in [0.29, 0.717) is 0 Å². The molecular formula is C22H34N8O6. The number of carbonyl (C=O) groups excluding carboxylic acids is 4. The van der Waals surface area contributed by atoms with Gasteiger partial charge in [0.1, 0.15) is 18.1 Å². The molecule has 1 aromatic rings. The van der Waals surface area contributed by atoms with Gasteiger partial charge in [0.15, 0.2) is 5.96 Å². The van der Waals surface area contributed by atoms with Crippen molar-refractivity contribution >= 4 is 35.6 Å². The number of benzene rings is 1. The fourth-order valence-corrected chi connectivity index (χ4v) is 3.09. The van der Waals surface area contributed by atoms with E-state index in [1.165, 1.54) is 6.92 Å². The zero-order valence-electron chi connectivity index (χ0n) is 20.0. The normalized spacial score (nSPS) is 13.8. The number of nitrogens with two attached hydrogens (primary N) is 4. The van der Waals surface area contributed by atoms with Crippen molar-refractivity contribution < 1.29 is 29.1 Å². The molecule has 0 radical (unpaired) electrons. The van der Waals surface area contributed by atoms with Crippen molar-refractivity contribution in [2.75, 3.05) is 6.54 Å². The number of carboxylic acids is 1. The van der Waals surface area contributed by atoms with Gasteiger partial charge in [0.2, 0.25) is 23.6 Å². The lowest BCUT2D eigenvalue weighted by Gasteiger charge is -2.23. The summed E-state index contributed by atoms with van der Waals surface area (Å²) < 4.78 is 0. The summed E-state index contributed by atoms with van der Waals surface area (Å²) in [6.07, 6.45) is -0.116. The number of nitrogens with zero attached hydrogens (tertiary/aromatic N) is 1. The molecule has 0 aliphatic heterocycles. The van der Waals surface area contributed by atoms with Gasteiger partial charge in [0.25, 0.3) is 0 Å². The maximum absolute atomic E-state index is 12.7. The summed E-state index contributed by atoms with van der Waals surface area (Å²) in [5, 5.41) is 16.4. The number of aliphatic carboxylic acids is 1. The van der Waals surface area contributed by atoms with Gasteiger partial charge in [-0.05, 0) is 31.7 Å². The Labute approximate surface area is 208 Å². The Balaban J connectivity index is 2.74. The first-order valence-corrected chi connectivity index (χ1v) is 11.2. The summed E-state index contributed by atoms with van der Waals surface area (Å²) in [6, 6.07) is 4.21. The van der Waals surface area contributed by atoms with Crippen LogP contribution in [0.5, 0.6) is 0 Å². The molecular weight excluding hydrogens is 472 g/mol. The van der Waals surface area contributed by atoms with Gasteiger partial charge in [-0.2, -0.15) is 0 Å². The lowest BCUT2D eigenvalue weighted by atomic mass is 10.1. The van der Waals surface area contributed by atoms with E-state index in [0.717, 1.165) is 5.56 Å². The number of rotatable bonds is 15. The molecule has 14 nitrogen and oxygen atoms in total. The fourth-order valence-electron chi connectivity index (χ4n) is 3.09. The van der Waals surface area contributed by atoms with E-state index in [4.69, 9.17) is 22.9 Å². The van der Waals surface area contributed by atoms with E-state index in [9.17, 15) is 29.1 Å². The molecule has 0 aliphatic carbocycles. The standard InChI is InChI=1S/C22H34N8O6/c1-12(28-19(33)14(23)10-13-6-3-2-4-7-13)18(32)30-16(11-17(24)31)20(34)29-15(21(35)36)8-5-9-27-22(25)26/h2-4,6-7,12,14-16H,5,8-11,23H2,1H3,(H2,24,31)(H,28,33)(H,29,34)(H,30,32)(H,35,36)(H4,25,26,27). The Kier molecular flexibility index (Phi) is 12.4. The van der Waals surface area contributed by atoms with Gasteiger partial charge >= 0.3 is 5.97 Å². The minimum Gasteiger partial charge on any atom is -0.480 e. The van der Waals surface area contributed by atoms with Crippen molar-refractivity contribution in [2.24, 2.45) is 27.9 Å². The van der Waals surface area contributed by atoms with E-state index < -0.39 is 60.2 Å². The summed E-state index contributed by atoms with van der Waals surface area (Å²) in [5.41, 5.74) is 22.4. The number of hydrogen-bond acceptors (Lipinski definition) is 7. The summed E-state index contributed by atoms with van der Waals surface area (Å²) in [4.78, 5) is 64.3.